The van der Waals surface area contributed by atoms with Crippen LogP contribution in [-0.2, 0) is 19.6 Å². The number of benzene rings is 1. The van der Waals surface area contributed by atoms with E-state index in [-0.39, 0.29) is 6.61 Å². The van der Waals surface area contributed by atoms with Crippen LogP contribution in [0.4, 0.5) is 5.69 Å². The topological polar surface area (TPSA) is 54.6 Å². The van der Waals surface area contributed by atoms with E-state index in [1.807, 2.05) is 37.3 Å². The van der Waals surface area contributed by atoms with E-state index in [0.29, 0.717) is 13.2 Å². The zero-order valence-electron chi connectivity index (χ0n) is 12.0. The van der Waals surface area contributed by atoms with Gasteiger partial charge < -0.3 is 19.6 Å². The molecule has 0 aliphatic heterocycles. The van der Waals surface area contributed by atoms with E-state index >= 15 is 0 Å². The zero-order chi connectivity index (χ0) is 14.4. The second-order valence-electron chi connectivity index (χ2n) is 4.49. The van der Waals surface area contributed by atoms with E-state index in [4.69, 9.17) is 9.15 Å². The van der Waals surface area contributed by atoms with Gasteiger partial charge in [0.25, 0.3) is 0 Å². The molecule has 0 fully saturated rings. The third-order valence-corrected chi connectivity index (χ3v) is 3.06. The van der Waals surface area contributed by atoms with Gasteiger partial charge in [-0.15, -0.1) is 0 Å². The quantitative estimate of drug-likeness (QED) is 0.813. The predicted molar refractivity (Wildman–Crippen MR) is 78.9 cm³/mol. The number of aryl methyl sites for hydroxylation is 1. The Hall–Kier alpha value is -1.94. The fourth-order valence-electron chi connectivity index (χ4n) is 2.01. The lowest BCUT2D eigenvalue weighted by Crippen LogP contribution is -2.01. The predicted octanol–water partition coefficient (Wildman–Crippen LogP) is 3.35. The van der Waals surface area contributed by atoms with Crippen molar-refractivity contribution >= 4 is 5.69 Å². The maximum atomic E-state index is 9.36. The Morgan fingerprint density at radius 1 is 1.15 bits per heavy atom. The van der Waals surface area contributed by atoms with Gasteiger partial charge in [0, 0.05) is 17.7 Å². The summed E-state index contributed by atoms with van der Waals surface area (Å²) in [5.74, 6) is 2.62. The van der Waals surface area contributed by atoms with Crippen LogP contribution in [0.25, 0.3) is 0 Å². The lowest BCUT2D eigenvalue weighted by molar-refractivity contribution is 0.267. The fraction of sp³-hybridized carbons (Fsp3) is 0.375. The van der Waals surface area contributed by atoms with Gasteiger partial charge in [0.15, 0.2) is 0 Å². The highest BCUT2D eigenvalue weighted by Gasteiger charge is 2.05. The smallest absolute Gasteiger partial charge is 0.124 e. The summed E-state index contributed by atoms with van der Waals surface area (Å²) in [5.41, 5.74) is 1.72. The van der Waals surface area contributed by atoms with Gasteiger partial charge in [0.1, 0.15) is 17.3 Å². The molecule has 0 atom stereocenters. The maximum Gasteiger partial charge on any atom is 0.124 e. The Kier molecular flexibility index (Phi) is 5.07. The van der Waals surface area contributed by atoms with Crippen LogP contribution >= 0.6 is 0 Å². The first-order chi connectivity index (χ1) is 9.76. The van der Waals surface area contributed by atoms with Crippen molar-refractivity contribution in [1.82, 2.24) is 0 Å². The SMILES string of the molecule is CCOc1ccc(NCc2ccc(CC)o2)cc1CO. The summed E-state index contributed by atoms with van der Waals surface area (Å²) in [5, 5.41) is 12.6. The van der Waals surface area contributed by atoms with Gasteiger partial charge >= 0.3 is 0 Å². The standard InChI is InChI=1S/C16H21NO3/c1-3-14-6-7-15(20-14)10-17-13-5-8-16(19-4-2)12(9-13)11-18/h5-9,17-18H,3-4,10-11H2,1-2H3. The van der Waals surface area contributed by atoms with Gasteiger partial charge in [-0.3, -0.25) is 0 Å². The summed E-state index contributed by atoms with van der Waals surface area (Å²) in [6.45, 7) is 5.17. The highest BCUT2D eigenvalue weighted by Crippen LogP contribution is 2.23. The number of hydrogen-bond acceptors (Lipinski definition) is 4. The molecule has 0 saturated heterocycles. The molecule has 4 nitrogen and oxygen atoms in total. The van der Waals surface area contributed by atoms with Crippen molar-refractivity contribution in [2.75, 3.05) is 11.9 Å². The summed E-state index contributed by atoms with van der Waals surface area (Å²) in [6, 6.07) is 9.68. The lowest BCUT2D eigenvalue weighted by Gasteiger charge is -2.11. The van der Waals surface area contributed by atoms with E-state index in [2.05, 4.69) is 12.2 Å². The van der Waals surface area contributed by atoms with E-state index < -0.39 is 0 Å². The normalized spacial score (nSPS) is 10.6. The van der Waals surface area contributed by atoms with Gasteiger partial charge in [0.05, 0.1) is 19.8 Å². The van der Waals surface area contributed by atoms with Crippen LogP contribution in [0.5, 0.6) is 5.75 Å². The Bertz CT molecular complexity index is 548. The van der Waals surface area contributed by atoms with Gasteiger partial charge in [-0.05, 0) is 37.3 Å². The number of nitrogens with one attached hydrogen (secondary N) is 1. The molecule has 0 aliphatic rings. The summed E-state index contributed by atoms with van der Waals surface area (Å²) in [6.07, 6.45) is 0.901. The van der Waals surface area contributed by atoms with Crippen LogP contribution in [0.15, 0.2) is 34.7 Å². The van der Waals surface area contributed by atoms with Crippen molar-refractivity contribution in [1.29, 1.82) is 0 Å². The van der Waals surface area contributed by atoms with Gasteiger partial charge in [-0.2, -0.15) is 0 Å². The van der Waals surface area contributed by atoms with Crippen molar-refractivity contribution in [2.24, 2.45) is 0 Å². The number of aliphatic hydroxyl groups excluding tert-OH is 1. The third kappa shape index (κ3) is 3.54. The van der Waals surface area contributed by atoms with E-state index in [9.17, 15) is 5.11 Å². The number of ether oxygens (including phenoxy) is 1. The maximum absolute atomic E-state index is 9.36. The zero-order valence-corrected chi connectivity index (χ0v) is 12.0. The molecular formula is C16H21NO3. The van der Waals surface area contributed by atoms with E-state index in [1.165, 1.54) is 0 Å². The number of hydrogen-bond donors (Lipinski definition) is 2. The molecule has 2 rings (SSSR count). The minimum Gasteiger partial charge on any atom is -0.494 e. The average Bonchev–Trinajstić information content (AvgIpc) is 2.94. The van der Waals surface area contributed by atoms with Crippen LogP contribution in [0.3, 0.4) is 0 Å². The Labute approximate surface area is 119 Å². The van der Waals surface area contributed by atoms with Crippen molar-refractivity contribution < 1.29 is 14.3 Å². The fourth-order valence-corrected chi connectivity index (χ4v) is 2.01. The van der Waals surface area contributed by atoms with Crippen LogP contribution in [0, 0.1) is 0 Å². The first-order valence-electron chi connectivity index (χ1n) is 6.94. The first kappa shape index (κ1) is 14.5. The molecular weight excluding hydrogens is 254 g/mol. The Morgan fingerprint density at radius 2 is 1.95 bits per heavy atom. The van der Waals surface area contributed by atoms with Crippen molar-refractivity contribution in [3.63, 3.8) is 0 Å². The molecule has 2 N–H and O–H groups in total. The summed E-state index contributed by atoms with van der Waals surface area (Å²) < 4.78 is 11.1. The van der Waals surface area contributed by atoms with Crippen LogP contribution in [0.1, 0.15) is 30.9 Å². The molecule has 4 heteroatoms. The van der Waals surface area contributed by atoms with E-state index in [0.717, 1.165) is 34.9 Å². The molecule has 108 valence electrons. The molecule has 20 heavy (non-hydrogen) atoms. The number of anilines is 1. The highest BCUT2D eigenvalue weighted by molar-refractivity contribution is 5.51. The Balaban J connectivity index is 2.02. The molecule has 0 amide bonds. The molecule has 1 aromatic carbocycles. The second kappa shape index (κ2) is 7.01. The summed E-state index contributed by atoms with van der Waals surface area (Å²) in [7, 11) is 0. The first-order valence-corrected chi connectivity index (χ1v) is 6.94. The van der Waals surface area contributed by atoms with Crippen molar-refractivity contribution in [3.8, 4) is 5.75 Å². The third-order valence-electron chi connectivity index (χ3n) is 3.06. The molecule has 0 radical (unpaired) electrons. The molecule has 0 aliphatic carbocycles. The Morgan fingerprint density at radius 3 is 2.60 bits per heavy atom. The minimum atomic E-state index is -0.0361. The highest BCUT2D eigenvalue weighted by atomic mass is 16.5. The minimum absolute atomic E-state index is 0.0361. The van der Waals surface area contributed by atoms with Crippen LogP contribution < -0.4 is 10.1 Å². The van der Waals surface area contributed by atoms with Gasteiger partial charge in [-0.25, -0.2) is 0 Å². The van der Waals surface area contributed by atoms with Crippen LogP contribution in [0.2, 0.25) is 0 Å². The molecule has 0 spiro atoms. The van der Waals surface area contributed by atoms with E-state index in [1.54, 1.807) is 0 Å². The van der Waals surface area contributed by atoms with Crippen LogP contribution in [-0.4, -0.2) is 11.7 Å². The summed E-state index contributed by atoms with van der Waals surface area (Å²) >= 11 is 0. The van der Waals surface area contributed by atoms with Gasteiger partial charge in [0.2, 0.25) is 0 Å². The number of furan rings is 1. The number of aliphatic hydroxyl groups is 1. The molecule has 2 aromatic rings. The lowest BCUT2D eigenvalue weighted by atomic mass is 10.2. The van der Waals surface area contributed by atoms with Crippen molar-refractivity contribution in [3.05, 3.63) is 47.4 Å². The van der Waals surface area contributed by atoms with Crippen molar-refractivity contribution in [2.45, 2.75) is 33.4 Å². The summed E-state index contributed by atoms with van der Waals surface area (Å²) in [4.78, 5) is 0. The van der Waals surface area contributed by atoms with Gasteiger partial charge in [-0.1, -0.05) is 6.92 Å². The molecule has 0 unspecified atom stereocenters. The number of rotatable bonds is 7. The molecule has 0 bridgehead atoms. The largest absolute Gasteiger partial charge is 0.494 e. The average molecular weight is 275 g/mol. The monoisotopic (exact) mass is 275 g/mol. The second-order valence-corrected chi connectivity index (χ2v) is 4.49. The molecule has 0 saturated carbocycles. The molecule has 1 heterocycles. The molecule has 1 aromatic heterocycles.